The Hall–Kier alpha value is -4.20. The Morgan fingerprint density at radius 3 is 2.45 bits per heavy atom. The Morgan fingerprint density at radius 1 is 0.935 bits per heavy atom. The first-order valence-corrected chi connectivity index (χ1v) is 9.57. The quantitative estimate of drug-likeness (QED) is 0.436. The number of urea groups is 1. The molecule has 4 amide bonds. The maximum Gasteiger partial charge on any atom is 0.319 e. The van der Waals surface area contributed by atoms with Crippen LogP contribution in [0.15, 0.2) is 60.7 Å². The Kier molecular flexibility index (Phi) is 5.36. The van der Waals surface area contributed by atoms with Crippen LogP contribution in [-0.4, -0.2) is 30.9 Å². The van der Waals surface area contributed by atoms with Gasteiger partial charge in [0, 0.05) is 5.69 Å². The van der Waals surface area contributed by atoms with Gasteiger partial charge < -0.3 is 15.4 Å². The zero-order chi connectivity index (χ0) is 22.0. The lowest BCUT2D eigenvalue weighted by Gasteiger charge is -2.19. The molecule has 0 unspecified atom stereocenters. The molecule has 4 rings (SSSR count). The molecule has 0 aliphatic carbocycles. The Balaban J connectivity index is 1.54. The molecule has 1 atom stereocenters. The van der Waals surface area contributed by atoms with Crippen LogP contribution < -0.4 is 16.0 Å². The smallest absolute Gasteiger partial charge is 0.319 e. The van der Waals surface area contributed by atoms with Crippen molar-refractivity contribution in [3.05, 3.63) is 77.4 Å². The molecule has 156 valence electrons. The normalized spacial score (nSPS) is 13.3. The van der Waals surface area contributed by atoms with E-state index in [9.17, 15) is 19.2 Å². The number of hydrogen-bond acceptors (Lipinski definition) is 5. The van der Waals surface area contributed by atoms with Crippen molar-refractivity contribution in [2.45, 2.75) is 12.5 Å². The van der Waals surface area contributed by atoms with Crippen LogP contribution in [0.1, 0.15) is 38.7 Å². The molecule has 3 aromatic carbocycles. The van der Waals surface area contributed by atoms with Crippen molar-refractivity contribution in [3.8, 4) is 0 Å². The van der Waals surface area contributed by atoms with Gasteiger partial charge in [-0.2, -0.15) is 0 Å². The summed E-state index contributed by atoms with van der Waals surface area (Å²) in [6, 6.07) is 16.7. The molecule has 0 saturated heterocycles. The fraction of sp³-hybridized carbons (Fsp3) is 0.130. The third kappa shape index (κ3) is 4.23. The van der Waals surface area contributed by atoms with Crippen molar-refractivity contribution >= 4 is 40.3 Å². The second-order valence-corrected chi connectivity index (χ2v) is 7.08. The van der Waals surface area contributed by atoms with Crippen molar-refractivity contribution in [2.75, 3.05) is 12.4 Å². The number of amides is 4. The maximum atomic E-state index is 12.6. The van der Waals surface area contributed by atoms with Crippen LogP contribution in [0.5, 0.6) is 0 Å². The van der Waals surface area contributed by atoms with Crippen molar-refractivity contribution in [1.29, 1.82) is 0 Å². The average Bonchev–Trinajstić information content (AvgIpc) is 3.05. The first-order valence-electron chi connectivity index (χ1n) is 9.57. The fourth-order valence-electron chi connectivity index (χ4n) is 3.50. The van der Waals surface area contributed by atoms with Crippen molar-refractivity contribution < 1.29 is 23.9 Å². The minimum Gasteiger partial charge on any atom is -0.469 e. The molecule has 3 N–H and O–H groups in total. The second kappa shape index (κ2) is 8.27. The Bertz CT molecular complexity index is 1220. The van der Waals surface area contributed by atoms with Gasteiger partial charge in [-0.05, 0) is 40.6 Å². The highest BCUT2D eigenvalue weighted by atomic mass is 16.5. The van der Waals surface area contributed by atoms with Gasteiger partial charge in [-0.25, -0.2) is 4.79 Å². The number of carbonyl (C=O) groups excluding carboxylic acids is 4. The maximum absolute atomic E-state index is 12.6. The molecule has 1 aliphatic rings. The highest BCUT2D eigenvalue weighted by Gasteiger charge is 2.27. The van der Waals surface area contributed by atoms with Crippen LogP contribution in [0.25, 0.3) is 10.8 Å². The lowest BCUT2D eigenvalue weighted by atomic mass is 10.00. The van der Waals surface area contributed by atoms with Crippen LogP contribution >= 0.6 is 0 Å². The molecule has 0 saturated carbocycles. The van der Waals surface area contributed by atoms with Gasteiger partial charge in [0.1, 0.15) is 0 Å². The van der Waals surface area contributed by atoms with Crippen molar-refractivity contribution in [3.63, 3.8) is 0 Å². The number of carbonyl (C=O) groups is 4. The van der Waals surface area contributed by atoms with E-state index in [1.807, 2.05) is 42.5 Å². The number of benzene rings is 3. The van der Waals surface area contributed by atoms with E-state index in [1.165, 1.54) is 25.3 Å². The third-order valence-electron chi connectivity index (χ3n) is 5.07. The minimum atomic E-state index is -0.628. The summed E-state index contributed by atoms with van der Waals surface area (Å²) in [6.07, 6.45) is -0.0522. The number of hydrogen-bond donors (Lipinski definition) is 3. The highest BCUT2D eigenvalue weighted by Crippen LogP contribution is 2.24. The molecule has 0 bridgehead atoms. The summed E-state index contributed by atoms with van der Waals surface area (Å²) < 4.78 is 4.77. The van der Waals surface area contributed by atoms with Gasteiger partial charge in [-0.1, -0.05) is 36.4 Å². The first kappa shape index (κ1) is 20.1. The standard InChI is InChI=1S/C23H19N3O5/c1-31-20(27)12-19(15-7-6-13-4-2-3-5-14(13)10-15)25-23(30)24-16-8-9-17-18(11-16)22(29)26-21(17)28/h2-11,19H,12H2,1H3,(H2,24,25,30)(H,26,28,29)/t19-/m0/s1. The van der Waals surface area contributed by atoms with Gasteiger partial charge in [0.25, 0.3) is 11.8 Å². The fourth-order valence-corrected chi connectivity index (χ4v) is 3.50. The van der Waals surface area contributed by atoms with Crippen LogP contribution in [0.3, 0.4) is 0 Å². The van der Waals surface area contributed by atoms with Crippen molar-refractivity contribution in [1.82, 2.24) is 10.6 Å². The van der Waals surface area contributed by atoms with Gasteiger partial charge >= 0.3 is 12.0 Å². The predicted octanol–water partition coefficient (Wildman–Crippen LogP) is 3.15. The van der Waals surface area contributed by atoms with Gasteiger partial charge in [0.2, 0.25) is 0 Å². The molecule has 0 aromatic heterocycles. The van der Waals surface area contributed by atoms with Gasteiger partial charge in [-0.3, -0.25) is 19.7 Å². The lowest BCUT2D eigenvalue weighted by molar-refractivity contribution is -0.141. The monoisotopic (exact) mass is 417 g/mol. The summed E-state index contributed by atoms with van der Waals surface area (Å²) in [5.41, 5.74) is 1.55. The number of fused-ring (bicyclic) bond motifs is 2. The molecule has 8 nitrogen and oxygen atoms in total. The predicted molar refractivity (Wildman–Crippen MR) is 114 cm³/mol. The van der Waals surface area contributed by atoms with E-state index in [4.69, 9.17) is 4.74 Å². The molecular formula is C23H19N3O5. The molecule has 31 heavy (non-hydrogen) atoms. The Labute approximate surface area is 177 Å². The number of esters is 1. The number of rotatable bonds is 5. The highest BCUT2D eigenvalue weighted by molar-refractivity contribution is 6.22. The van der Waals surface area contributed by atoms with E-state index < -0.39 is 29.9 Å². The lowest BCUT2D eigenvalue weighted by Crippen LogP contribution is -2.34. The molecule has 0 fully saturated rings. The van der Waals surface area contributed by atoms with Crippen LogP contribution in [0, 0.1) is 0 Å². The molecule has 0 spiro atoms. The van der Waals surface area contributed by atoms with Gasteiger partial charge in [-0.15, -0.1) is 0 Å². The number of anilines is 1. The second-order valence-electron chi connectivity index (χ2n) is 7.08. The SMILES string of the molecule is COC(=O)C[C@H](NC(=O)Nc1ccc2c(c1)C(=O)NC2=O)c1ccc2ccccc2c1. The number of imide groups is 1. The zero-order valence-electron chi connectivity index (χ0n) is 16.6. The molecule has 8 heteroatoms. The first-order chi connectivity index (χ1) is 14.9. The topological polar surface area (TPSA) is 114 Å². The summed E-state index contributed by atoms with van der Waals surface area (Å²) in [6.45, 7) is 0. The number of nitrogens with one attached hydrogen (secondary N) is 3. The van der Waals surface area contributed by atoms with Gasteiger partial charge in [0.15, 0.2) is 0 Å². The van der Waals surface area contributed by atoms with E-state index >= 15 is 0 Å². The van der Waals surface area contributed by atoms with E-state index in [0.717, 1.165) is 16.3 Å². The zero-order valence-corrected chi connectivity index (χ0v) is 16.6. The van der Waals surface area contributed by atoms with E-state index in [1.54, 1.807) is 0 Å². The molecule has 1 heterocycles. The Morgan fingerprint density at radius 2 is 1.68 bits per heavy atom. The summed E-state index contributed by atoms with van der Waals surface area (Å²) >= 11 is 0. The third-order valence-corrected chi connectivity index (χ3v) is 5.07. The summed E-state index contributed by atoms with van der Waals surface area (Å²) in [4.78, 5) is 48.0. The number of ether oxygens (including phenoxy) is 1. The largest absolute Gasteiger partial charge is 0.469 e. The molecular weight excluding hydrogens is 398 g/mol. The van der Waals surface area contributed by atoms with Crippen LogP contribution in [-0.2, 0) is 9.53 Å². The minimum absolute atomic E-state index is 0.0522. The average molecular weight is 417 g/mol. The van der Waals surface area contributed by atoms with Crippen molar-refractivity contribution in [2.24, 2.45) is 0 Å². The molecule has 1 aliphatic heterocycles. The van der Waals surface area contributed by atoms with E-state index in [-0.39, 0.29) is 17.5 Å². The molecule has 0 radical (unpaired) electrons. The summed E-state index contributed by atoms with van der Waals surface area (Å²) in [5, 5.41) is 9.64. The van der Waals surface area contributed by atoms with E-state index in [2.05, 4.69) is 16.0 Å². The van der Waals surface area contributed by atoms with Crippen LogP contribution in [0.4, 0.5) is 10.5 Å². The summed E-state index contributed by atoms with van der Waals surface area (Å²) in [5.74, 6) is -1.44. The van der Waals surface area contributed by atoms with Gasteiger partial charge in [0.05, 0.1) is 30.7 Å². The molecule has 3 aromatic rings. The van der Waals surface area contributed by atoms with E-state index in [0.29, 0.717) is 5.69 Å². The van der Waals surface area contributed by atoms with Crippen LogP contribution in [0.2, 0.25) is 0 Å². The summed E-state index contributed by atoms with van der Waals surface area (Å²) in [7, 11) is 1.29. The number of methoxy groups -OCH3 is 1.